The first kappa shape index (κ1) is 34.2. The average Bonchev–Trinajstić information content (AvgIpc) is 3.01. The van der Waals surface area contributed by atoms with Gasteiger partial charge in [0.1, 0.15) is 32.8 Å². The number of ether oxygens (including phenoxy) is 3. The largest absolute Gasteiger partial charge is 0.511 e. The van der Waals surface area contributed by atoms with Gasteiger partial charge in [0.2, 0.25) is 6.79 Å². The highest BCUT2D eigenvalue weighted by atomic mass is 16.8. The molecule has 0 N–H and O–H groups in total. The van der Waals surface area contributed by atoms with Crippen LogP contribution in [-0.4, -0.2) is 67.7 Å². The Morgan fingerprint density at radius 3 is 2.11 bits per heavy atom. The van der Waals surface area contributed by atoms with Crippen LogP contribution in [0.1, 0.15) is 65.5 Å². The Balaban J connectivity index is 1.18. The highest BCUT2D eigenvalue weighted by Crippen LogP contribution is 2.25. The standard InChI is InChI=1S/C38H52N2O5/c1-31-15-18-35(19-16-31)28-39(4,27-34-12-7-5-8-13-34)24-25-43-38(42)45-30-44-37(41)14-11-23-40(21-9-6-10-22-40)29-36-20-17-32(2)33(3)26-36/h5,7-8,12-13,15-20,26H,6,9-11,14,21-25,27-30H2,1-4H3/q+2. The number of nitrogens with zero attached hydrogens (tertiary/aromatic N) is 2. The van der Waals surface area contributed by atoms with E-state index < -0.39 is 12.9 Å². The van der Waals surface area contributed by atoms with Crippen LogP contribution in [0.4, 0.5) is 4.79 Å². The van der Waals surface area contributed by atoms with E-state index in [2.05, 4.69) is 82.4 Å². The smallest absolute Gasteiger partial charge is 0.428 e. The number of esters is 1. The SMILES string of the molecule is Cc1ccc(C[N+](C)(CCOC(=O)OCOC(=O)CCC[N+]2(Cc3ccc(C)c(C)c3)CCCCC2)Cc2ccccc2)cc1. The molecule has 1 heterocycles. The van der Waals surface area contributed by atoms with Crippen molar-refractivity contribution in [3.05, 3.63) is 106 Å². The van der Waals surface area contributed by atoms with Crippen LogP contribution in [0.25, 0.3) is 0 Å². The Morgan fingerprint density at radius 2 is 1.42 bits per heavy atom. The maximum absolute atomic E-state index is 12.5. The number of likely N-dealkylation sites (N-methyl/N-ethyl adjacent to an activating group) is 1. The van der Waals surface area contributed by atoms with Crippen molar-refractivity contribution in [2.75, 3.05) is 46.6 Å². The van der Waals surface area contributed by atoms with Gasteiger partial charge in [0, 0.05) is 23.1 Å². The summed E-state index contributed by atoms with van der Waals surface area (Å²) in [6, 6.07) is 25.6. The molecule has 4 rings (SSSR count). The number of hydrogen-bond donors (Lipinski definition) is 0. The third kappa shape index (κ3) is 11.3. The molecule has 0 aliphatic carbocycles. The maximum Gasteiger partial charge on any atom is 0.511 e. The molecule has 0 radical (unpaired) electrons. The predicted octanol–water partition coefficient (Wildman–Crippen LogP) is 7.39. The number of carbonyl (C=O) groups is 2. The normalized spacial score (nSPS) is 15.6. The van der Waals surface area contributed by atoms with Crippen molar-refractivity contribution in [3.8, 4) is 0 Å². The Bertz CT molecular complexity index is 1370. The van der Waals surface area contributed by atoms with Crippen molar-refractivity contribution in [2.24, 2.45) is 0 Å². The van der Waals surface area contributed by atoms with E-state index in [9.17, 15) is 9.59 Å². The first-order valence-corrected chi connectivity index (χ1v) is 16.4. The molecule has 0 spiro atoms. The van der Waals surface area contributed by atoms with Gasteiger partial charge in [-0.2, -0.15) is 0 Å². The Morgan fingerprint density at radius 1 is 0.756 bits per heavy atom. The second kappa shape index (κ2) is 16.6. The first-order valence-electron chi connectivity index (χ1n) is 16.4. The van der Waals surface area contributed by atoms with E-state index in [1.54, 1.807) is 0 Å². The zero-order chi connectivity index (χ0) is 32.1. The number of aryl methyl sites for hydroxylation is 3. The van der Waals surface area contributed by atoms with E-state index in [-0.39, 0.29) is 12.6 Å². The summed E-state index contributed by atoms with van der Waals surface area (Å²) in [5, 5.41) is 0. The van der Waals surface area contributed by atoms with Crippen LogP contribution in [0.15, 0.2) is 72.8 Å². The minimum Gasteiger partial charge on any atom is -0.428 e. The van der Waals surface area contributed by atoms with Crippen LogP contribution in [0, 0.1) is 20.8 Å². The zero-order valence-electron chi connectivity index (χ0n) is 27.8. The molecule has 1 fully saturated rings. The second-order valence-corrected chi connectivity index (χ2v) is 13.3. The molecule has 1 aliphatic rings. The Kier molecular flexibility index (Phi) is 12.6. The van der Waals surface area contributed by atoms with Crippen molar-refractivity contribution in [1.82, 2.24) is 0 Å². The number of rotatable bonds is 15. The van der Waals surface area contributed by atoms with Gasteiger partial charge >= 0.3 is 12.1 Å². The van der Waals surface area contributed by atoms with Crippen LogP contribution >= 0.6 is 0 Å². The first-order chi connectivity index (χ1) is 21.6. The van der Waals surface area contributed by atoms with Crippen LogP contribution in [0.3, 0.4) is 0 Å². The number of hydrogen-bond acceptors (Lipinski definition) is 5. The molecule has 0 aromatic heterocycles. The fraction of sp³-hybridized carbons (Fsp3) is 0.474. The van der Waals surface area contributed by atoms with Crippen molar-refractivity contribution < 1.29 is 32.8 Å². The number of benzene rings is 3. The van der Waals surface area contributed by atoms with Crippen molar-refractivity contribution in [1.29, 1.82) is 0 Å². The lowest BCUT2D eigenvalue weighted by Crippen LogP contribution is -2.51. The molecule has 7 heteroatoms. The van der Waals surface area contributed by atoms with Gasteiger partial charge in [-0.25, -0.2) is 4.79 Å². The van der Waals surface area contributed by atoms with Gasteiger partial charge < -0.3 is 23.2 Å². The van der Waals surface area contributed by atoms with Crippen LogP contribution < -0.4 is 0 Å². The molecular formula is C38H52N2O5+2. The van der Waals surface area contributed by atoms with Crippen LogP contribution in [0.2, 0.25) is 0 Å². The molecule has 242 valence electrons. The fourth-order valence-electron chi connectivity index (χ4n) is 6.47. The highest BCUT2D eigenvalue weighted by Gasteiger charge is 2.30. The summed E-state index contributed by atoms with van der Waals surface area (Å²) in [5.41, 5.74) is 7.68. The number of likely N-dealkylation sites (tertiary alicyclic amines) is 1. The zero-order valence-corrected chi connectivity index (χ0v) is 27.8. The number of quaternary nitrogens is 2. The highest BCUT2D eigenvalue weighted by molar-refractivity contribution is 5.69. The predicted molar refractivity (Wildman–Crippen MR) is 177 cm³/mol. The summed E-state index contributed by atoms with van der Waals surface area (Å²) in [7, 11) is 2.17. The van der Waals surface area contributed by atoms with E-state index in [0.29, 0.717) is 17.4 Å². The van der Waals surface area contributed by atoms with Gasteiger partial charge in [0.15, 0.2) is 0 Å². The van der Waals surface area contributed by atoms with Crippen molar-refractivity contribution in [2.45, 2.75) is 72.5 Å². The molecule has 0 bridgehead atoms. The van der Waals surface area contributed by atoms with Gasteiger partial charge in [-0.3, -0.25) is 4.79 Å². The Hall–Kier alpha value is -3.68. The van der Waals surface area contributed by atoms with Gasteiger partial charge in [-0.05, 0) is 51.2 Å². The molecule has 1 atom stereocenters. The van der Waals surface area contributed by atoms with Crippen molar-refractivity contribution >= 4 is 12.1 Å². The topological polar surface area (TPSA) is 61.8 Å². The van der Waals surface area contributed by atoms with Crippen LogP contribution in [0.5, 0.6) is 0 Å². The quantitative estimate of drug-likeness (QED) is 0.101. The summed E-state index contributed by atoms with van der Waals surface area (Å²) < 4.78 is 17.4. The van der Waals surface area contributed by atoms with E-state index >= 15 is 0 Å². The lowest BCUT2D eigenvalue weighted by molar-refractivity contribution is -0.945. The molecule has 0 saturated carbocycles. The number of carbonyl (C=O) groups excluding carboxylic acids is 2. The molecule has 45 heavy (non-hydrogen) atoms. The van der Waals surface area contributed by atoms with E-state index in [4.69, 9.17) is 14.2 Å². The maximum atomic E-state index is 12.5. The minimum absolute atomic E-state index is 0.197. The summed E-state index contributed by atoms with van der Waals surface area (Å²) >= 11 is 0. The van der Waals surface area contributed by atoms with Gasteiger partial charge in [-0.15, -0.1) is 0 Å². The third-order valence-corrected chi connectivity index (χ3v) is 9.21. The number of piperidine rings is 1. The molecular weight excluding hydrogens is 564 g/mol. The van der Waals surface area contributed by atoms with Crippen LogP contribution in [-0.2, 0) is 38.6 Å². The van der Waals surface area contributed by atoms with Gasteiger partial charge in [-0.1, -0.05) is 78.4 Å². The van der Waals surface area contributed by atoms with Gasteiger partial charge in [0.25, 0.3) is 0 Å². The van der Waals surface area contributed by atoms with Crippen molar-refractivity contribution in [3.63, 3.8) is 0 Å². The third-order valence-electron chi connectivity index (χ3n) is 9.21. The lowest BCUT2D eigenvalue weighted by Gasteiger charge is -2.42. The molecule has 1 saturated heterocycles. The van der Waals surface area contributed by atoms with Gasteiger partial charge in [0.05, 0.1) is 33.1 Å². The molecule has 0 amide bonds. The minimum atomic E-state index is -0.824. The summed E-state index contributed by atoms with van der Waals surface area (Å²) in [5.74, 6) is -0.352. The lowest BCUT2D eigenvalue weighted by atomic mass is 10.0. The molecule has 1 aliphatic heterocycles. The molecule has 1 unspecified atom stereocenters. The molecule has 3 aromatic carbocycles. The monoisotopic (exact) mass is 616 g/mol. The molecule has 3 aromatic rings. The van der Waals surface area contributed by atoms with E-state index in [0.717, 1.165) is 50.2 Å². The van der Waals surface area contributed by atoms with E-state index in [1.807, 2.05) is 18.2 Å². The average molecular weight is 617 g/mol. The summed E-state index contributed by atoms with van der Waals surface area (Å²) in [4.78, 5) is 24.8. The summed E-state index contributed by atoms with van der Waals surface area (Å²) in [6.07, 6.45) is 3.95. The molecule has 7 nitrogen and oxygen atoms in total. The van der Waals surface area contributed by atoms with E-state index in [1.165, 1.54) is 52.6 Å². The Labute approximate surface area is 269 Å². The second-order valence-electron chi connectivity index (χ2n) is 13.3. The summed E-state index contributed by atoms with van der Waals surface area (Å²) in [6.45, 7) is 12.6. The fourth-order valence-corrected chi connectivity index (χ4v) is 6.47.